The second kappa shape index (κ2) is 8.32. The lowest BCUT2D eigenvalue weighted by atomic mass is 9.84. The largest absolute Gasteiger partial charge is 0.488 e. The van der Waals surface area contributed by atoms with E-state index in [2.05, 4.69) is 36.3 Å². The van der Waals surface area contributed by atoms with E-state index in [-0.39, 0.29) is 12.2 Å². The molecule has 24 heavy (non-hydrogen) atoms. The maximum absolute atomic E-state index is 10.7. The fourth-order valence-electron chi connectivity index (χ4n) is 3.90. The summed E-state index contributed by atoms with van der Waals surface area (Å²) in [5, 5.41) is 14.4. The Morgan fingerprint density at radius 3 is 2.54 bits per heavy atom. The number of aryl methyl sites for hydroxylation is 1. The Labute approximate surface area is 146 Å². The van der Waals surface area contributed by atoms with E-state index in [4.69, 9.17) is 4.74 Å². The van der Waals surface area contributed by atoms with Crippen LogP contribution in [-0.2, 0) is 0 Å². The zero-order valence-corrected chi connectivity index (χ0v) is 15.1. The van der Waals surface area contributed by atoms with Crippen molar-refractivity contribution in [2.75, 3.05) is 26.7 Å². The molecule has 1 heterocycles. The van der Waals surface area contributed by atoms with Gasteiger partial charge in [0, 0.05) is 18.5 Å². The summed E-state index contributed by atoms with van der Waals surface area (Å²) in [5.74, 6) is 1.17. The number of hydrogen-bond donors (Lipinski definition) is 2. The molecule has 1 saturated carbocycles. The molecule has 3 atom stereocenters. The smallest absolute Gasteiger partial charge is 0.125 e. The first kappa shape index (κ1) is 17.7. The SMILES string of the molecule is Cc1ccc(O[C@@H]2CCC[C@H](CNC3CCN(C)CC3)[C@H]2O)cc1. The minimum atomic E-state index is -0.376. The van der Waals surface area contributed by atoms with Crippen LogP contribution in [0.25, 0.3) is 0 Å². The topological polar surface area (TPSA) is 44.7 Å². The molecule has 2 N–H and O–H groups in total. The van der Waals surface area contributed by atoms with Crippen molar-refractivity contribution in [3.63, 3.8) is 0 Å². The lowest BCUT2D eigenvalue weighted by Gasteiger charge is -2.37. The number of piperidine rings is 1. The number of benzene rings is 1. The monoisotopic (exact) mass is 332 g/mol. The maximum Gasteiger partial charge on any atom is 0.125 e. The Bertz CT molecular complexity index is 497. The normalized spacial score (nSPS) is 29.5. The van der Waals surface area contributed by atoms with Gasteiger partial charge in [0.05, 0.1) is 6.10 Å². The van der Waals surface area contributed by atoms with Gasteiger partial charge in [0.1, 0.15) is 11.9 Å². The minimum absolute atomic E-state index is 0.0780. The fourth-order valence-corrected chi connectivity index (χ4v) is 3.90. The second-order valence-corrected chi connectivity index (χ2v) is 7.64. The van der Waals surface area contributed by atoms with Gasteiger partial charge in [0.2, 0.25) is 0 Å². The van der Waals surface area contributed by atoms with Crippen molar-refractivity contribution in [3.8, 4) is 5.75 Å². The van der Waals surface area contributed by atoms with E-state index in [0.29, 0.717) is 12.0 Å². The van der Waals surface area contributed by atoms with E-state index in [9.17, 15) is 5.11 Å². The predicted octanol–water partition coefficient (Wildman–Crippen LogP) is 2.59. The summed E-state index contributed by atoms with van der Waals surface area (Å²) in [6.45, 7) is 5.32. The molecule has 3 rings (SSSR count). The Balaban J connectivity index is 1.49. The molecule has 1 aliphatic carbocycles. The fraction of sp³-hybridized carbons (Fsp3) is 0.700. The van der Waals surface area contributed by atoms with E-state index in [1.807, 2.05) is 12.1 Å². The summed E-state index contributed by atoms with van der Waals surface area (Å²) < 4.78 is 6.07. The third-order valence-corrected chi connectivity index (χ3v) is 5.62. The maximum atomic E-state index is 10.7. The Kier molecular flexibility index (Phi) is 6.14. The summed E-state index contributed by atoms with van der Waals surface area (Å²) in [7, 11) is 2.19. The van der Waals surface area contributed by atoms with E-state index in [0.717, 1.165) is 31.6 Å². The van der Waals surface area contributed by atoms with Gasteiger partial charge < -0.3 is 20.1 Å². The number of aliphatic hydroxyl groups excluding tert-OH is 1. The highest BCUT2D eigenvalue weighted by molar-refractivity contribution is 5.26. The second-order valence-electron chi connectivity index (χ2n) is 7.64. The molecule has 2 fully saturated rings. The first-order valence-electron chi connectivity index (χ1n) is 9.45. The van der Waals surface area contributed by atoms with Crippen LogP contribution in [0.1, 0.15) is 37.7 Å². The highest BCUT2D eigenvalue weighted by atomic mass is 16.5. The van der Waals surface area contributed by atoms with Gasteiger partial charge in [-0.25, -0.2) is 0 Å². The zero-order valence-electron chi connectivity index (χ0n) is 15.1. The van der Waals surface area contributed by atoms with Crippen molar-refractivity contribution >= 4 is 0 Å². The molecule has 0 spiro atoms. The van der Waals surface area contributed by atoms with Crippen LogP contribution in [0.15, 0.2) is 24.3 Å². The van der Waals surface area contributed by atoms with Gasteiger partial charge in [-0.15, -0.1) is 0 Å². The Morgan fingerprint density at radius 2 is 1.83 bits per heavy atom. The standard InChI is InChI=1S/C20H32N2O2/c1-15-6-8-18(9-7-15)24-19-5-3-4-16(20(19)23)14-21-17-10-12-22(2)13-11-17/h6-9,16-17,19-21,23H,3-5,10-14H2,1-2H3/t16-,19-,20-/m1/s1. The minimum Gasteiger partial charge on any atom is -0.488 e. The average Bonchev–Trinajstić information content (AvgIpc) is 2.59. The van der Waals surface area contributed by atoms with Gasteiger partial charge in [-0.2, -0.15) is 0 Å². The van der Waals surface area contributed by atoms with Crippen molar-refractivity contribution in [2.24, 2.45) is 5.92 Å². The number of hydrogen-bond acceptors (Lipinski definition) is 4. The van der Waals surface area contributed by atoms with Crippen molar-refractivity contribution in [2.45, 2.75) is 57.3 Å². The van der Waals surface area contributed by atoms with Crippen molar-refractivity contribution in [1.29, 1.82) is 0 Å². The van der Waals surface area contributed by atoms with Crippen LogP contribution in [0.4, 0.5) is 0 Å². The number of nitrogens with one attached hydrogen (secondary N) is 1. The zero-order chi connectivity index (χ0) is 16.9. The number of nitrogens with zero attached hydrogens (tertiary/aromatic N) is 1. The van der Waals surface area contributed by atoms with E-state index in [1.165, 1.54) is 31.5 Å². The summed E-state index contributed by atoms with van der Waals surface area (Å²) in [6, 6.07) is 8.73. The molecular weight excluding hydrogens is 300 g/mol. The number of aliphatic hydroxyl groups is 1. The molecular formula is C20H32N2O2. The van der Waals surface area contributed by atoms with Gasteiger partial charge in [0.15, 0.2) is 0 Å². The van der Waals surface area contributed by atoms with E-state index >= 15 is 0 Å². The Hall–Kier alpha value is -1.10. The molecule has 0 amide bonds. The molecule has 0 bridgehead atoms. The van der Waals surface area contributed by atoms with Crippen molar-refractivity contribution in [1.82, 2.24) is 10.2 Å². The molecule has 1 aliphatic heterocycles. The lowest BCUT2D eigenvalue weighted by molar-refractivity contribution is -0.0315. The van der Waals surface area contributed by atoms with E-state index < -0.39 is 0 Å². The van der Waals surface area contributed by atoms with E-state index in [1.54, 1.807) is 0 Å². The van der Waals surface area contributed by atoms with Crippen LogP contribution >= 0.6 is 0 Å². The number of ether oxygens (including phenoxy) is 1. The molecule has 0 radical (unpaired) electrons. The van der Waals surface area contributed by atoms with Crippen LogP contribution in [0.3, 0.4) is 0 Å². The van der Waals surface area contributed by atoms with Crippen LogP contribution in [-0.4, -0.2) is 54.9 Å². The quantitative estimate of drug-likeness (QED) is 0.870. The number of rotatable bonds is 5. The summed E-state index contributed by atoms with van der Waals surface area (Å²) >= 11 is 0. The van der Waals surface area contributed by atoms with Gasteiger partial charge in [-0.1, -0.05) is 17.7 Å². The third-order valence-electron chi connectivity index (χ3n) is 5.62. The molecule has 134 valence electrons. The first-order chi connectivity index (χ1) is 11.6. The third kappa shape index (κ3) is 4.71. The highest BCUT2D eigenvalue weighted by Gasteiger charge is 2.33. The summed E-state index contributed by atoms with van der Waals surface area (Å²) in [6.07, 6.45) is 5.14. The van der Waals surface area contributed by atoms with Crippen LogP contribution < -0.4 is 10.1 Å². The summed E-state index contributed by atoms with van der Waals surface area (Å²) in [4.78, 5) is 2.39. The number of likely N-dealkylation sites (tertiary alicyclic amines) is 1. The van der Waals surface area contributed by atoms with Gasteiger partial charge in [-0.3, -0.25) is 0 Å². The van der Waals surface area contributed by atoms with Crippen LogP contribution in [0.2, 0.25) is 0 Å². The van der Waals surface area contributed by atoms with Gasteiger partial charge in [0.25, 0.3) is 0 Å². The van der Waals surface area contributed by atoms with Crippen LogP contribution in [0, 0.1) is 12.8 Å². The molecule has 0 aromatic heterocycles. The van der Waals surface area contributed by atoms with Gasteiger partial charge >= 0.3 is 0 Å². The Morgan fingerprint density at radius 1 is 1.12 bits per heavy atom. The molecule has 1 saturated heterocycles. The average molecular weight is 332 g/mol. The molecule has 2 aliphatic rings. The van der Waals surface area contributed by atoms with Crippen LogP contribution in [0.5, 0.6) is 5.75 Å². The molecule has 4 heteroatoms. The predicted molar refractivity (Wildman–Crippen MR) is 97.5 cm³/mol. The molecule has 1 aromatic rings. The first-order valence-corrected chi connectivity index (χ1v) is 9.45. The molecule has 4 nitrogen and oxygen atoms in total. The lowest BCUT2D eigenvalue weighted by Crippen LogP contribution is -2.48. The van der Waals surface area contributed by atoms with Crippen molar-refractivity contribution < 1.29 is 9.84 Å². The molecule has 0 unspecified atom stereocenters. The molecule has 1 aromatic carbocycles. The van der Waals surface area contributed by atoms with Crippen molar-refractivity contribution in [3.05, 3.63) is 29.8 Å². The van der Waals surface area contributed by atoms with Gasteiger partial charge in [-0.05, 0) is 71.3 Å². The summed E-state index contributed by atoms with van der Waals surface area (Å²) in [5.41, 5.74) is 1.23. The highest BCUT2D eigenvalue weighted by Crippen LogP contribution is 2.28.